The fourth-order valence-corrected chi connectivity index (χ4v) is 1.31. The van der Waals surface area contributed by atoms with E-state index in [9.17, 15) is 4.79 Å². The van der Waals surface area contributed by atoms with Gasteiger partial charge in [-0.15, -0.1) is 0 Å². The SMILES string of the molecule is CN(C)CCOCCNC(=O)c1ccc(Cl)nc1. The number of hydrogen-bond acceptors (Lipinski definition) is 4. The van der Waals surface area contributed by atoms with E-state index in [2.05, 4.69) is 10.3 Å². The van der Waals surface area contributed by atoms with Gasteiger partial charge in [0.05, 0.1) is 18.8 Å². The molecular formula is C12H18ClN3O2. The molecule has 0 aliphatic heterocycles. The third kappa shape index (κ3) is 5.95. The van der Waals surface area contributed by atoms with Gasteiger partial charge in [-0.3, -0.25) is 4.79 Å². The van der Waals surface area contributed by atoms with Crippen LogP contribution in [0.15, 0.2) is 18.3 Å². The van der Waals surface area contributed by atoms with Crippen LogP contribution in [-0.2, 0) is 4.74 Å². The predicted octanol–water partition coefficient (Wildman–Crippen LogP) is 1.04. The zero-order chi connectivity index (χ0) is 13.4. The van der Waals surface area contributed by atoms with Crippen LogP contribution in [0.4, 0.5) is 0 Å². The van der Waals surface area contributed by atoms with Crippen LogP contribution in [0.2, 0.25) is 5.15 Å². The van der Waals surface area contributed by atoms with E-state index >= 15 is 0 Å². The number of ether oxygens (including phenoxy) is 1. The molecule has 0 radical (unpaired) electrons. The molecule has 1 aromatic rings. The number of hydrogen-bond donors (Lipinski definition) is 1. The Morgan fingerprint density at radius 1 is 1.44 bits per heavy atom. The monoisotopic (exact) mass is 271 g/mol. The molecule has 5 nitrogen and oxygen atoms in total. The quantitative estimate of drug-likeness (QED) is 0.595. The van der Waals surface area contributed by atoms with E-state index in [0.29, 0.717) is 30.5 Å². The highest BCUT2D eigenvalue weighted by molar-refractivity contribution is 6.29. The van der Waals surface area contributed by atoms with Crippen molar-refractivity contribution in [1.29, 1.82) is 0 Å². The Kier molecular flexibility index (Phi) is 6.64. The molecule has 0 aromatic carbocycles. The summed E-state index contributed by atoms with van der Waals surface area (Å²) in [6.45, 7) is 2.51. The Balaban J connectivity index is 2.16. The lowest BCUT2D eigenvalue weighted by molar-refractivity contribution is 0.0900. The predicted molar refractivity (Wildman–Crippen MR) is 71.0 cm³/mol. The van der Waals surface area contributed by atoms with Crippen molar-refractivity contribution in [3.05, 3.63) is 29.0 Å². The highest BCUT2D eigenvalue weighted by atomic mass is 35.5. The summed E-state index contributed by atoms with van der Waals surface area (Å²) in [5.74, 6) is -0.171. The number of pyridine rings is 1. The van der Waals surface area contributed by atoms with Crippen molar-refractivity contribution in [2.75, 3.05) is 40.4 Å². The number of rotatable bonds is 7. The Bertz CT molecular complexity index is 368. The van der Waals surface area contributed by atoms with E-state index in [1.807, 2.05) is 19.0 Å². The number of carbonyl (C=O) groups is 1. The van der Waals surface area contributed by atoms with Gasteiger partial charge in [0.1, 0.15) is 5.15 Å². The second-order valence-corrected chi connectivity index (χ2v) is 4.43. The van der Waals surface area contributed by atoms with Crippen LogP contribution in [0, 0.1) is 0 Å². The van der Waals surface area contributed by atoms with Gasteiger partial charge in [-0.25, -0.2) is 4.98 Å². The molecule has 6 heteroatoms. The molecule has 1 rings (SSSR count). The van der Waals surface area contributed by atoms with Crippen molar-refractivity contribution >= 4 is 17.5 Å². The summed E-state index contributed by atoms with van der Waals surface area (Å²) in [6.07, 6.45) is 1.45. The number of nitrogens with zero attached hydrogens (tertiary/aromatic N) is 2. The van der Waals surface area contributed by atoms with Crippen LogP contribution < -0.4 is 5.32 Å². The maximum absolute atomic E-state index is 11.6. The molecule has 1 aromatic heterocycles. The van der Waals surface area contributed by atoms with Crippen LogP contribution in [0.25, 0.3) is 0 Å². The van der Waals surface area contributed by atoms with Crippen LogP contribution in [0.3, 0.4) is 0 Å². The lowest BCUT2D eigenvalue weighted by atomic mass is 10.3. The molecule has 0 aliphatic rings. The van der Waals surface area contributed by atoms with E-state index in [0.717, 1.165) is 6.54 Å². The van der Waals surface area contributed by atoms with Gasteiger partial charge in [0, 0.05) is 19.3 Å². The zero-order valence-corrected chi connectivity index (χ0v) is 11.4. The number of nitrogens with one attached hydrogen (secondary N) is 1. The van der Waals surface area contributed by atoms with E-state index in [4.69, 9.17) is 16.3 Å². The average molecular weight is 272 g/mol. The Labute approximate surface area is 112 Å². The van der Waals surface area contributed by atoms with Crippen molar-refractivity contribution in [1.82, 2.24) is 15.2 Å². The fourth-order valence-electron chi connectivity index (χ4n) is 1.20. The molecule has 0 bridgehead atoms. The van der Waals surface area contributed by atoms with Crippen LogP contribution >= 0.6 is 11.6 Å². The first-order valence-electron chi connectivity index (χ1n) is 5.72. The summed E-state index contributed by atoms with van der Waals surface area (Å²) in [6, 6.07) is 3.22. The van der Waals surface area contributed by atoms with E-state index in [1.54, 1.807) is 12.1 Å². The van der Waals surface area contributed by atoms with E-state index in [1.165, 1.54) is 6.20 Å². The van der Waals surface area contributed by atoms with Crippen LogP contribution in [0.1, 0.15) is 10.4 Å². The molecule has 1 N–H and O–H groups in total. The number of likely N-dealkylation sites (N-methyl/N-ethyl adjacent to an activating group) is 1. The molecule has 0 unspecified atom stereocenters. The standard InChI is InChI=1S/C12H18ClN3O2/c1-16(2)6-8-18-7-5-14-12(17)10-3-4-11(13)15-9-10/h3-4,9H,5-8H2,1-2H3,(H,14,17). The molecule has 0 atom stereocenters. The van der Waals surface area contributed by atoms with Crippen LogP contribution in [-0.4, -0.2) is 56.2 Å². The van der Waals surface area contributed by atoms with Gasteiger partial charge in [0.15, 0.2) is 0 Å². The van der Waals surface area contributed by atoms with Gasteiger partial charge >= 0.3 is 0 Å². The van der Waals surface area contributed by atoms with Crippen molar-refractivity contribution in [3.8, 4) is 0 Å². The van der Waals surface area contributed by atoms with Crippen molar-refractivity contribution < 1.29 is 9.53 Å². The smallest absolute Gasteiger partial charge is 0.252 e. The largest absolute Gasteiger partial charge is 0.378 e. The Morgan fingerprint density at radius 2 is 2.22 bits per heavy atom. The Hall–Kier alpha value is -1.17. The summed E-state index contributed by atoms with van der Waals surface area (Å²) in [7, 11) is 3.97. The molecule has 0 aliphatic carbocycles. The molecule has 0 fully saturated rings. The average Bonchev–Trinajstić information content (AvgIpc) is 2.34. The first kappa shape index (κ1) is 14.9. The van der Waals surface area contributed by atoms with Gasteiger partial charge in [0.25, 0.3) is 5.91 Å². The summed E-state index contributed by atoms with van der Waals surface area (Å²) >= 11 is 5.64. The molecule has 0 spiro atoms. The van der Waals surface area contributed by atoms with Gasteiger partial charge in [0.2, 0.25) is 0 Å². The normalized spacial score (nSPS) is 10.7. The van der Waals surface area contributed by atoms with Gasteiger partial charge in [-0.2, -0.15) is 0 Å². The fraction of sp³-hybridized carbons (Fsp3) is 0.500. The summed E-state index contributed by atoms with van der Waals surface area (Å²) < 4.78 is 5.36. The summed E-state index contributed by atoms with van der Waals surface area (Å²) in [5, 5.41) is 3.12. The second kappa shape index (κ2) is 8.02. The first-order valence-corrected chi connectivity index (χ1v) is 6.09. The van der Waals surface area contributed by atoms with Gasteiger partial charge in [-0.05, 0) is 26.2 Å². The molecule has 18 heavy (non-hydrogen) atoms. The topological polar surface area (TPSA) is 54.5 Å². The summed E-state index contributed by atoms with van der Waals surface area (Å²) in [5.41, 5.74) is 0.493. The van der Waals surface area contributed by atoms with Gasteiger partial charge in [-0.1, -0.05) is 11.6 Å². The molecular weight excluding hydrogens is 254 g/mol. The number of aromatic nitrogens is 1. The second-order valence-electron chi connectivity index (χ2n) is 4.04. The highest BCUT2D eigenvalue weighted by Crippen LogP contribution is 2.04. The first-order chi connectivity index (χ1) is 8.59. The molecule has 0 saturated carbocycles. The molecule has 1 heterocycles. The lowest BCUT2D eigenvalue weighted by Crippen LogP contribution is -2.28. The van der Waals surface area contributed by atoms with Crippen molar-refractivity contribution in [2.24, 2.45) is 0 Å². The minimum Gasteiger partial charge on any atom is -0.378 e. The van der Waals surface area contributed by atoms with Gasteiger partial charge < -0.3 is 15.0 Å². The third-order valence-corrected chi connectivity index (χ3v) is 2.43. The zero-order valence-electron chi connectivity index (χ0n) is 10.6. The lowest BCUT2D eigenvalue weighted by Gasteiger charge is -2.10. The molecule has 0 saturated heterocycles. The number of carbonyl (C=O) groups excluding carboxylic acids is 1. The number of halogens is 1. The van der Waals surface area contributed by atoms with Crippen LogP contribution in [0.5, 0.6) is 0 Å². The highest BCUT2D eigenvalue weighted by Gasteiger charge is 2.04. The van der Waals surface area contributed by atoms with E-state index < -0.39 is 0 Å². The Morgan fingerprint density at radius 3 is 2.83 bits per heavy atom. The van der Waals surface area contributed by atoms with E-state index in [-0.39, 0.29) is 5.91 Å². The van der Waals surface area contributed by atoms with Crippen molar-refractivity contribution in [3.63, 3.8) is 0 Å². The summed E-state index contributed by atoms with van der Waals surface area (Å²) in [4.78, 5) is 17.5. The minimum absolute atomic E-state index is 0.171. The molecule has 100 valence electrons. The maximum atomic E-state index is 11.6. The minimum atomic E-state index is -0.171. The van der Waals surface area contributed by atoms with Crippen molar-refractivity contribution in [2.45, 2.75) is 0 Å². The number of amides is 1. The third-order valence-electron chi connectivity index (χ3n) is 2.20. The maximum Gasteiger partial charge on any atom is 0.252 e. The molecule has 1 amide bonds.